The standard InChI is InChI=1S/C16H25NO3/c1-12(2)9-16(4,19)11-17-15(18)10-20-14-7-5-13(3)6-8-14/h5-8,12,19H,9-11H2,1-4H3,(H,17,18). The summed E-state index contributed by atoms with van der Waals surface area (Å²) in [7, 11) is 0. The highest BCUT2D eigenvalue weighted by Crippen LogP contribution is 2.15. The molecule has 0 bridgehead atoms. The molecule has 0 spiro atoms. The van der Waals surface area contributed by atoms with Crippen molar-refractivity contribution in [3.63, 3.8) is 0 Å². The van der Waals surface area contributed by atoms with E-state index in [1.54, 1.807) is 6.92 Å². The first kappa shape index (κ1) is 16.5. The van der Waals surface area contributed by atoms with Gasteiger partial charge in [-0.3, -0.25) is 4.79 Å². The first-order valence-corrected chi connectivity index (χ1v) is 6.97. The zero-order valence-corrected chi connectivity index (χ0v) is 12.8. The maximum Gasteiger partial charge on any atom is 0.258 e. The molecule has 1 aromatic carbocycles. The van der Waals surface area contributed by atoms with E-state index >= 15 is 0 Å². The summed E-state index contributed by atoms with van der Waals surface area (Å²) >= 11 is 0. The molecule has 1 aromatic rings. The minimum Gasteiger partial charge on any atom is -0.484 e. The zero-order chi connectivity index (χ0) is 15.2. The second-order valence-corrected chi connectivity index (χ2v) is 5.97. The van der Waals surface area contributed by atoms with E-state index in [2.05, 4.69) is 5.32 Å². The van der Waals surface area contributed by atoms with E-state index < -0.39 is 5.60 Å². The molecule has 0 saturated carbocycles. The molecular weight excluding hydrogens is 254 g/mol. The average molecular weight is 279 g/mol. The average Bonchev–Trinajstić information content (AvgIpc) is 2.34. The van der Waals surface area contributed by atoms with Crippen molar-refractivity contribution in [1.29, 1.82) is 0 Å². The van der Waals surface area contributed by atoms with Crippen molar-refractivity contribution in [2.24, 2.45) is 5.92 Å². The van der Waals surface area contributed by atoms with E-state index in [1.165, 1.54) is 0 Å². The van der Waals surface area contributed by atoms with Crippen molar-refractivity contribution in [1.82, 2.24) is 5.32 Å². The topological polar surface area (TPSA) is 58.6 Å². The minimum atomic E-state index is -0.881. The molecule has 2 N–H and O–H groups in total. The van der Waals surface area contributed by atoms with Crippen molar-refractivity contribution >= 4 is 5.91 Å². The van der Waals surface area contributed by atoms with Crippen LogP contribution in [0, 0.1) is 12.8 Å². The molecule has 0 fully saturated rings. The van der Waals surface area contributed by atoms with Gasteiger partial charge in [-0.05, 0) is 38.3 Å². The molecule has 4 heteroatoms. The SMILES string of the molecule is Cc1ccc(OCC(=O)NCC(C)(O)CC(C)C)cc1. The number of rotatable bonds is 7. The smallest absolute Gasteiger partial charge is 0.258 e. The van der Waals surface area contributed by atoms with E-state index in [-0.39, 0.29) is 19.1 Å². The molecule has 0 aromatic heterocycles. The number of ether oxygens (including phenoxy) is 1. The fraction of sp³-hybridized carbons (Fsp3) is 0.562. The summed E-state index contributed by atoms with van der Waals surface area (Å²) in [5, 5.41) is 12.8. The van der Waals surface area contributed by atoms with Gasteiger partial charge in [0.15, 0.2) is 6.61 Å². The fourth-order valence-electron chi connectivity index (χ4n) is 2.08. The summed E-state index contributed by atoms with van der Waals surface area (Å²) < 4.78 is 5.38. The molecule has 0 radical (unpaired) electrons. The van der Waals surface area contributed by atoms with Crippen molar-refractivity contribution < 1.29 is 14.6 Å². The summed E-state index contributed by atoms with van der Waals surface area (Å²) in [6.45, 7) is 8.00. The van der Waals surface area contributed by atoms with Crippen molar-refractivity contribution in [2.45, 2.75) is 39.7 Å². The van der Waals surface area contributed by atoms with Gasteiger partial charge in [0.05, 0.1) is 5.60 Å². The molecule has 20 heavy (non-hydrogen) atoms. The van der Waals surface area contributed by atoms with Crippen LogP contribution in [0.1, 0.15) is 32.8 Å². The highest BCUT2D eigenvalue weighted by Gasteiger charge is 2.22. The molecule has 1 amide bonds. The Morgan fingerprint density at radius 2 is 1.95 bits per heavy atom. The van der Waals surface area contributed by atoms with Gasteiger partial charge in [0.1, 0.15) is 5.75 Å². The number of benzene rings is 1. The number of carbonyl (C=O) groups excluding carboxylic acids is 1. The largest absolute Gasteiger partial charge is 0.484 e. The normalized spacial score (nSPS) is 13.9. The van der Waals surface area contributed by atoms with Crippen LogP contribution >= 0.6 is 0 Å². The highest BCUT2D eigenvalue weighted by atomic mass is 16.5. The third kappa shape index (κ3) is 6.57. The van der Waals surface area contributed by atoms with Crippen LogP contribution in [0.4, 0.5) is 0 Å². The molecule has 0 aliphatic rings. The Bertz CT molecular complexity index is 424. The summed E-state index contributed by atoms with van der Waals surface area (Å²) in [4.78, 5) is 11.7. The van der Waals surface area contributed by atoms with Crippen molar-refractivity contribution in [2.75, 3.05) is 13.2 Å². The quantitative estimate of drug-likeness (QED) is 0.805. The molecule has 1 rings (SSSR count). The molecule has 0 saturated heterocycles. The second-order valence-electron chi connectivity index (χ2n) is 5.97. The lowest BCUT2D eigenvalue weighted by Crippen LogP contribution is -2.43. The van der Waals surface area contributed by atoms with E-state index in [0.717, 1.165) is 5.56 Å². The summed E-state index contributed by atoms with van der Waals surface area (Å²) in [6.07, 6.45) is 0.645. The van der Waals surface area contributed by atoms with E-state index in [9.17, 15) is 9.90 Å². The summed E-state index contributed by atoms with van der Waals surface area (Å²) in [5.41, 5.74) is 0.264. The van der Waals surface area contributed by atoms with Gasteiger partial charge >= 0.3 is 0 Å². The number of hydrogen-bond acceptors (Lipinski definition) is 3. The predicted molar refractivity (Wildman–Crippen MR) is 79.8 cm³/mol. The van der Waals surface area contributed by atoms with Crippen LogP contribution < -0.4 is 10.1 Å². The van der Waals surface area contributed by atoms with Gasteiger partial charge in [-0.1, -0.05) is 31.5 Å². The van der Waals surface area contributed by atoms with Gasteiger partial charge in [0.2, 0.25) is 0 Å². The summed E-state index contributed by atoms with van der Waals surface area (Å²) in [5.74, 6) is 0.819. The number of hydrogen-bond donors (Lipinski definition) is 2. The van der Waals surface area contributed by atoms with Gasteiger partial charge < -0.3 is 15.2 Å². The van der Waals surface area contributed by atoms with Crippen LogP contribution in [-0.4, -0.2) is 29.8 Å². The number of amides is 1. The Labute approximate surface area is 121 Å². The second kappa shape index (κ2) is 7.29. The van der Waals surface area contributed by atoms with E-state index in [4.69, 9.17) is 4.74 Å². The molecule has 112 valence electrons. The molecule has 4 nitrogen and oxygen atoms in total. The lowest BCUT2D eigenvalue weighted by Gasteiger charge is -2.25. The Balaban J connectivity index is 2.32. The highest BCUT2D eigenvalue weighted by molar-refractivity contribution is 5.77. The first-order chi connectivity index (χ1) is 9.28. The van der Waals surface area contributed by atoms with Gasteiger partial charge in [0.25, 0.3) is 5.91 Å². The monoisotopic (exact) mass is 279 g/mol. The lowest BCUT2D eigenvalue weighted by atomic mass is 9.94. The molecule has 0 aliphatic carbocycles. The first-order valence-electron chi connectivity index (χ1n) is 6.97. The fourth-order valence-corrected chi connectivity index (χ4v) is 2.08. The maximum absolute atomic E-state index is 11.7. The molecule has 1 atom stereocenters. The van der Waals surface area contributed by atoms with Gasteiger partial charge in [-0.25, -0.2) is 0 Å². The van der Waals surface area contributed by atoms with Gasteiger partial charge in [-0.15, -0.1) is 0 Å². The van der Waals surface area contributed by atoms with Crippen molar-refractivity contribution in [3.05, 3.63) is 29.8 Å². The minimum absolute atomic E-state index is 0.0409. The molecule has 0 aliphatic heterocycles. The summed E-state index contributed by atoms with van der Waals surface area (Å²) in [6, 6.07) is 7.52. The maximum atomic E-state index is 11.7. The molecule has 1 unspecified atom stereocenters. The molecular formula is C16H25NO3. The third-order valence-corrected chi connectivity index (χ3v) is 2.91. The molecule has 0 heterocycles. The van der Waals surface area contributed by atoms with Crippen LogP contribution in [0.15, 0.2) is 24.3 Å². The van der Waals surface area contributed by atoms with Crippen LogP contribution in [0.25, 0.3) is 0 Å². The number of nitrogens with one attached hydrogen (secondary N) is 1. The number of aliphatic hydroxyl groups is 1. The van der Waals surface area contributed by atoms with E-state index in [0.29, 0.717) is 18.1 Å². The van der Waals surface area contributed by atoms with Crippen LogP contribution in [-0.2, 0) is 4.79 Å². The number of carbonyl (C=O) groups is 1. The van der Waals surface area contributed by atoms with Crippen LogP contribution in [0.3, 0.4) is 0 Å². The van der Waals surface area contributed by atoms with E-state index in [1.807, 2.05) is 45.0 Å². The number of aryl methyl sites for hydroxylation is 1. The Hall–Kier alpha value is -1.55. The van der Waals surface area contributed by atoms with Crippen LogP contribution in [0.5, 0.6) is 5.75 Å². The Kier molecular flexibility index (Phi) is 6.02. The van der Waals surface area contributed by atoms with Gasteiger partial charge in [0, 0.05) is 6.54 Å². The van der Waals surface area contributed by atoms with Crippen LogP contribution in [0.2, 0.25) is 0 Å². The predicted octanol–water partition coefficient (Wildman–Crippen LogP) is 2.29. The van der Waals surface area contributed by atoms with Gasteiger partial charge in [-0.2, -0.15) is 0 Å². The third-order valence-electron chi connectivity index (χ3n) is 2.91. The van der Waals surface area contributed by atoms with Crippen molar-refractivity contribution in [3.8, 4) is 5.75 Å². The Morgan fingerprint density at radius 3 is 2.50 bits per heavy atom. The Morgan fingerprint density at radius 1 is 1.35 bits per heavy atom. The zero-order valence-electron chi connectivity index (χ0n) is 12.8. The lowest BCUT2D eigenvalue weighted by molar-refractivity contribution is -0.124.